The third-order valence-electron chi connectivity index (χ3n) is 3.81. The summed E-state index contributed by atoms with van der Waals surface area (Å²) in [6.45, 7) is -0.387. The summed E-state index contributed by atoms with van der Waals surface area (Å²) in [4.78, 5) is 25.2. The molecule has 0 radical (unpaired) electrons. The van der Waals surface area contributed by atoms with E-state index in [1.54, 1.807) is 31.3 Å². The van der Waals surface area contributed by atoms with Crippen molar-refractivity contribution >= 4 is 21.9 Å². The van der Waals surface area contributed by atoms with E-state index < -0.39 is 28.4 Å². The van der Waals surface area contributed by atoms with E-state index in [-0.39, 0.29) is 17.1 Å². The Kier molecular flexibility index (Phi) is 5.83. The summed E-state index contributed by atoms with van der Waals surface area (Å²) in [6.07, 6.45) is 1.34. The number of hydrogen-bond acceptors (Lipinski definition) is 4. The van der Waals surface area contributed by atoms with Gasteiger partial charge in [-0.05, 0) is 11.6 Å². The first-order valence-electron chi connectivity index (χ1n) is 7.77. The Morgan fingerprint density at radius 3 is 2.31 bits per heavy atom. The summed E-state index contributed by atoms with van der Waals surface area (Å²) in [7, 11) is 0.648. The molecule has 0 aliphatic carbocycles. The van der Waals surface area contributed by atoms with Gasteiger partial charge >= 0.3 is 5.97 Å². The van der Waals surface area contributed by atoms with E-state index >= 15 is 0 Å². The van der Waals surface area contributed by atoms with E-state index in [0.717, 1.165) is 9.87 Å². The minimum Gasteiger partial charge on any atom is -0.480 e. The van der Waals surface area contributed by atoms with Crippen LogP contribution in [0.5, 0.6) is 0 Å². The van der Waals surface area contributed by atoms with Crippen LogP contribution in [0.2, 0.25) is 0 Å². The van der Waals surface area contributed by atoms with Gasteiger partial charge in [0.1, 0.15) is 17.1 Å². The molecule has 0 saturated carbocycles. The first kappa shape index (κ1) is 19.7. The van der Waals surface area contributed by atoms with Crippen molar-refractivity contribution in [2.75, 3.05) is 20.6 Å². The van der Waals surface area contributed by atoms with Gasteiger partial charge in [-0.15, -0.1) is 0 Å². The standard InChI is InChI=1S/C17H21N3O5S/c1-18(2)26(24,25)14-9-15(19(3)11-14)17(23)20(12-16(21)22)10-13-7-5-4-6-8-13/h4-9,11H,10,12H2,1-3H3,(H,21,22). The summed E-state index contributed by atoms with van der Waals surface area (Å²) in [5.41, 5.74) is 0.875. The van der Waals surface area contributed by atoms with Crippen molar-refractivity contribution in [1.29, 1.82) is 0 Å². The van der Waals surface area contributed by atoms with Crippen LogP contribution in [0.4, 0.5) is 0 Å². The van der Waals surface area contributed by atoms with Crippen LogP contribution in [0.3, 0.4) is 0 Å². The molecule has 140 valence electrons. The molecule has 0 saturated heterocycles. The van der Waals surface area contributed by atoms with E-state index in [0.29, 0.717) is 0 Å². The molecule has 0 spiro atoms. The highest BCUT2D eigenvalue weighted by molar-refractivity contribution is 7.89. The van der Waals surface area contributed by atoms with Crippen LogP contribution in [0, 0.1) is 0 Å². The number of carboxylic acid groups (broad SMARTS) is 1. The van der Waals surface area contributed by atoms with Gasteiger partial charge < -0.3 is 14.6 Å². The maximum Gasteiger partial charge on any atom is 0.323 e. The Bertz CT molecular complexity index is 904. The molecule has 0 aliphatic heterocycles. The fourth-order valence-electron chi connectivity index (χ4n) is 2.43. The molecule has 0 fully saturated rings. The minimum atomic E-state index is -3.69. The molecule has 0 unspecified atom stereocenters. The van der Waals surface area contributed by atoms with E-state index in [1.807, 2.05) is 6.07 Å². The number of amides is 1. The minimum absolute atomic E-state index is 0.0247. The molecule has 1 heterocycles. The Morgan fingerprint density at radius 1 is 1.15 bits per heavy atom. The van der Waals surface area contributed by atoms with Gasteiger partial charge in [-0.1, -0.05) is 30.3 Å². The molecule has 8 nitrogen and oxygen atoms in total. The third-order valence-corrected chi connectivity index (χ3v) is 5.59. The SMILES string of the molecule is CN(C)S(=O)(=O)c1cc(C(=O)N(CC(=O)O)Cc2ccccc2)n(C)c1. The van der Waals surface area contributed by atoms with Crippen LogP contribution in [0.15, 0.2) is 47.5 Å². The largest absolute Gasteiger partial charge is 0.480 e. The van der Waals surface area contributed by atoms with Crippen molar-refractivity contribution < 1.29 is 23.1 Å². The second-order valence-electron chi connectivity index (χ2n) is 6.00. The second kappa shape index (κ2) is 7.71. The Hall–Kier alpha value is -2.65. The number of hydrogen-bond donors (Lipinski definition) is 1. The number of nitrogens with zero attached hydrogens (tertiary/aromatic N) is 3. The number of aliphatic carboxylic acids is 1. The summed E-state index contributed by atoms with van der Waals surface area (Å²) >= 11 is 0. The van der Waals surface area contributed by atoms with Crippen molar-refractivity contribution in [3.05, 3.63) is 53.9 Å². The molecular weight excluding hydrogens is 358 g/mol. The number of carboxylic acids is 1. The van der Waals surface area contributed by atoms with Crippen LogP contribution < -0.4 is 0 Å². The highest BCUT2D eigenvalue weighted by Crippen LogP contribution is 2.19. The van der Waals surface area contributed by atoms with Gasteiger partial charge in [-0.25, -0.2) is 12.7 Å². The van der Waals surface area contributed by atoms with Crippen LogP contribution in [-0.2, 0) is 28.4 Å². The molecule has 26 heavy (non-hydrogen) atoms. The Balaban J connectivity index is 2.36. The van der Waals surface area contributed by atoms with Gasteiger partial charge in [0.25, 0.3) is 5.91 Å². The van der Waals surface area contributed by atoms with E-state index in [4.69, 9.17) is 5.11 Å². The Morgan fingerprint density at radius 2 is 1.77 bits per heavy atom. The molecule has 2 rings (SSSR count). The number of carbonyl (C=O) groups excluding carboxylic acids is 1. The monoisotopic (exact) mass is 379 g/mol. The average Bonchev–Trinajstić information content (AvgIpc) is 2.96. The lowest BCUT2D eigenvalue weighted by Crippen LogP contribution is -2.36. The quantitative estimate of drug-likeness (QED) is 0.774. The van der Waals surface area contributed by atoms with Crippen LogP contribution in [-0.4, -0.2) is 59.8 Å². The zero-order valence-electron chi connectivity index (χ0n) is 14.8. The topological polar surface area (TPSA) is 99.9 Å². The zero-order valence-corrected chi connectivity index (χ0v) is 15.6. The molecule has 9 heteroatoms. The van der Waals surface area contributed by atoms with Crippen molar-refractivity contribution in [3.63, 3.8) is 0 Å². The number of rotatable bonds is 7. The normalized spacial score (nSPS) is 11.5. The fraction of sp³-hybridized carbons (Fsp3) is 0.294. The molecule has 2 aromatic rings. The third kappa shape index (κ3) is 4.30. The maximum absolute atomic E-state index is 12.8. The number of benzene rings is 1. The lowest BCUT2D eigenvalue weighted by Gasteiger charge is -2.21. The number of aromatic nitrogens is 1. The van der Waals surface area contributed by atoms with Crippen molar-refractivity contribution in [2.24, 2.45) is 7.05 Å². The van der Waals surface area contributed by atoms with Gasteiger partial charge in [0.15, 0.2) is 0 Å². The van der Waals surface area contributed by atoms with Gasteiger partial charge in [0.2, 0.25) is 10.0 Å². The average molecular weight is 379 g/mol. The fourth-order valence-corrected chi connectivity index (χ4v) is 3.40. The molecule has 1 aromatic heterocycles. The molecular formula is C17H21N3O5S. The predicted octanol–water partition coefficient (Wildman–Crippen LogP) is 1.00. The van der Waals surface area contributed by atoms with Crippen LogP contribution in [0.1, 0.15) is 16.1 Å². The van der Waals surface area contributed by atoms with Gasteiger partial charge in [0.05, 0.1) is 0 Å². The smallest absolute Gasteiger partial charge is 0.323 e. The summed E-state index contributed by atoms with van der Waals surface area (Å²) in [6, 6.07) is 10.2. The molecule has 0 bridgehead atoms. The van der Waals surface area contributed by atoms with Gasteiger partial charge in [-0.2, -0.15) is 0 Å². The Labute approximate surface area is 152 Å². The van der Waals surface area contributed by atoms with E-state index in [1.165, 1.54) is 35.8 Å². The lowest BCUT2D eigenvalue weighted by atomic mass is 10.2. The highest BCUT2D eigenvalue weighted by Gasteiger charge is 2.26. The molecule has 1 amide bonds. The maximum atomic E-state index is 12.8. The second-order valence-corrected chi connectivity index (χ2v) is 8.15. The summed E-state index contributed by atoms with van der Waals surface area (Å²) in [5, 5.41) is 9.13. The van der Waals surface area contributed by atoms with Crippen LogP contribution in [0.25, 0.3) is 0 Å². The first-order valence-corrected chi connectivity index (χ1v) is 9.21. The van der Waals surface area contributed by atoms with Crippen molar-refractivity contribution in [1.82, 2.24) is 13.8 Å². The number of aryl methyl sites for hydroxylation is 1. The van der Waals surface area contributed by atoms with Crippen molar-refractivity contribution in [3.8, 4) is 0 Å². The van der Waals surface area contributed by atoms with Gasteiger partial charge in [-0.3, -0.25) is 9.59 Å². The van der Waals surface area contributed by atoms with Crippen LogP contribution >= 0.6 is 0 Å². The van der Waals surface area contributed by atoms with Crippen molar-refractivity contribution in [2.45, 2.75) is 11.4 Å². The summed E-state index contributed by atoms with van der Waals surface area (Å²) < 4.78 is 26.9. The summed E-state index contributed by atoms with van der Waals surface area (Å²) in [5.74, 6) is -1.71. The highest BCUT2D eigenvalue weighted by atomic mass is 32.2. The molecule has 0 atom stereocenters. The molecule has 1 N–H and O–H groups in total. The predicted molar refractivity (Wildman–Crippen MR) is 95.1 cm³/mol. The number of carbonyl (C=O) groups is 2. The molecule has 1 aromatic carbocycles. The first-order chi connectivity index (χ1) is 12.1. The van der Waals surface area contributed by atoms with Gasteiger partial charge in [0, 0.05) is 33.9 Å². The number of sulfonamides is 1. The van der Waals surface area contributed by atoms with E-state index in [9.17, 15) is 18.0 Å². The lowest BCUT2D eigenvalue weighted by molar-refractivity contribution is -0.137. The van der Waals surface area contributed by atoms with E-state index in [2.05, 4.69) is 0 Å². The zero-order chi connectivity index (χ0) is 19.5. The molecule has 0 aliphatic rings.